The van der Waals surface area contributed by atoms with E-state index in [1.54, 1.807) is 11.6 Å². The summed E-state index contributed by atoms with van der Waals surface area (Å²) in [5.74, 6) is -3.09. The predicted octanol–water partition coefficient (Wildman–Crippen LogP) is 5.11. The summed E-state index contributed by atoms with van der Waals surface area (Å²) in [5.41, 5.74) is 3.31. The summed E-state index contributed by atoms with van der Waals surface area (Å²) in [6.07, 6.45) is 6.53. The van der Waals surface area contributed by atoms with Gasteiger partial charge in [-0.15, -0.1) is 0 Å². The lowest BCUT2D eigenvalue weighted by Crippen LogP contribution is -2.36. The van der Waals surface area contributed by atoms with Crippen molar-refractivity contribution < 1.29 is 28.0 Å². The van der Waals surface area contributed by atoms with Gasteiger partial charge in [0.1, 0.15) is 11.6 Å². The van der Waals surface area contributed by atoms with Crippen LogP contribution >= 0.6 is 23.2 Å². The van der Waals surface area contributed by atoms with Crippen LogP contribution < -0.4 is 5.48 Å². The third kappa shape index (κ3) is 6.65. The molecule has 1 aromatic carbocycles. The second-order valence-corrected chi connectivity index (χ2v) is 10.4. The number of hydrogen-bond acceptors (Lipinski definition) is 6. The monoisotopic (exact) mass is 593 g/mol. The smallest absolute Gasteiger partial charge is 0.258 e. The van der Waals surface area contributed by atoms with Crippen molar-refractivity contribution in [2.75, 3.05) is 13.7 Å². The Labute approximate surface area is 239 Å². The van der Waals surface area contributed by atoms with Crippen molar-refractivity contribution >= 4 is 40.8 Å². The number of carbonyl (C=O) groups excluding carboxylic acids is 3. The lowest BCUT2D eigenvalue weighted by Gasteiger charge is -2.28. The molecule has 1 saturated carbocycles. The third-order valence-corrected chi connectivity index (χ3v) is 7.51. The number of hydrogen-bond donors (Lipinski definition) is 1. The molecule has 1 aliphatic rings. The lowest BCUT2D eigenvalue weighted by atomic mass is 9.85. The standard InChI is InChI=1S/C27H27Cl2F2N5O4/c1-15-21(10-33-36(15)20-5-3-17(4-6-20)26(38)34-40-2)27(39)35(13-16-7-18(30)9-19(31)8-16)14-24(37)25-22(28)11-32-12-23(25)29/h7-12,17,20H,3-6,13-14H2,1-2H3,(H,34,38). The minimum atomic E-state index is -0.812. The fraction of sp³-hybridized carbons (Fsp3) is 0.370. The van der Waals surface area contributed by atoms with E-state index in [0.29, 0.717) is 31.4 Å². The van der Waals surface area contributed by atoms with Gasteiger partial charge in [-0.3, -0.25) is 28.9 Å². The van der Waals surface area contributed by atoms with Crippen LogP contribution in [0.5, 0.6) is 0 Å². The number of rotatable bonds is 9. The molecule has 9 nitrogen and oxygen atoms in total. The average Bonchev–Trinajstić information content (AvgIpc) is 3.28. The Morgan fingerprint density at radius 3 is 2.27 bits per heavy atom. The van der Waals surface area contributed by atoms with Crippen LogP contribution in [0.2, 0.25) is 10.0 Å². The van der Waals surface area contributed by atoms with E-state index in [-0.39, 0.29) is 51.1 Å². The molecular formula is C27H27Cl2F2N5O4. The highest BCUT2D eigenvalue weighted by atomic mass is 35.5. The lowest BCUT2D eigenvalue weighted by molar-refractivity contribution is -0.136. The number of nitrogens with zero attached hydrogens (tertiary/aromatic N) is 4. The fourth-order valence-electron chi connectivity index (χ4n) is 4.99. The Kier molecular flexibility index (Phi) is 9.49. The third-order valence-electron chi connectivity index (χ3n) is 6.94. The van der Waals surface area contributed by atoms with E-state index in [2.05, 4.69) is 15.6 Å². The minimum absolute atomic E-state index is 0.0109. The molecule has 3 aromatic rings. The Morgan fingerprint density at radius 2 is 1.68 bits per heavy atom. The summed E-state index contributed by atoms with van der Waals surface area (Å²) in [5, 5.41) is 4.47. The largest absolute Gasteiger partial charge is 0.326 e. The van der Waals surface area contributed by atoms with Gasteiger partial charge in [0, 0.05) is 36.6 Å². The first-order chi connectivity index (χ1) is 19.1. The van der Waals surface area contributed by atoms with E-state index >= 15 is 0 Å². The molecule has 212 valence electrons. The molecule has 2 amide bonds. The van der Waals surface area contributed by atoms with E-state index < -0.39 is 29.9 Å². The zero-order valence-electron chi connectivity index (χ0n) is 21.8. The first kappa shape index (κ1) is 29.6. The maximum absolute atomic E-state index is 13.9. The van der Waals surface area contributed by atoms with Crippen LogP contribution in [0.1, 0.15) is 63.7 Å². The second kappa shape index (κ2) is 12.8. The molecule has 0 spiro atoms. The number of pyridine rings is 1. The summed E-state index contributed by atoms with van der Waals surface area (Å²) >= 11 is 12.3. The van der Waals surface area contributed by atoms with Crippen LogP contribution in [0.4, 0.5) is 8.78 Å². The number of benzene rings is 1. The van der Waals surface area contributed by atoms with Crippen LogP contribution in [-0.2, 0) is 16.2 Å². The molecule has 0 radical (unpaired) electrons. The van der Waals surface area contributed by atoms with Crippen molar-refractivity contribution in [1.82, 2.24) is 25.1 Å². The molecule has 1 fully saturated rings. The number of Topliss-reactive ketones (excluding diaryl/α,β-unsaturated/α-hetero) is 1. The second-order valence-electron chi connectivity index (χ2n) is 9.60. The van der Waals surface area contributed by atoms with Crippen LogP contribution in [0.15, 0.2) is 36.8 Å². The van der Waals surface area contributed by atoms with Gasteiger partial charge < -0.3 is 4.90 Å². The van der Waals surface area contributed by atoms with Crippen molar-refractivity contribution in [2.24, 2.45) is 5.92 Å². The van der Waals surface area contributed by atoms with Gasteiger partial charge in [0.05, 0.1) is 47.1 Å². The van der Waals surface area contributed by atoms with E-state index in [1.807, 2.05) is 0 Å². The fourth-order valence-corrected chi connectivity index (χ4v) is 5.57. The first-order valence-corrected chi connectivity index (χ1v) is 13.3. The van der Waals surface area contributed by atoms with Crippen LogP contribution in [-0.4, -0.2) is 50.9 Å². The van der Waals surface area contributed by atoms with Crippen LogP contribution in [0.3, 0.4) is 0 Å². The van der Waals surface area contributed by atoms with Gasteiger partial charge in [-0.25, -0.2) is 14.3 Å². The molecule has 1 aliphatic carbocycles. The molecule has 0 aliphatic heterocycles. The van der Waals surface area contributed by atoms with Crippen molar-refractivity contribution in [1.29, 1.82) is 0 Å². The Bertz CT molecular complexity index is 1390. The predicted molar refractivity (Wildman–Crippen MR) is 143 cm³/mol. The quantitative estimate of drug-likeness (QED) is 0.273. The number of ketones is 1. The molecule has 4 rings (SSSR count). The summed E-state index contributed by atoms with van der Waals surface area (Å²) in [7, 11) is 1.39. The van der Waals surface area contributed by atoms with E-state index in [0.717, 1.165) is 18.2 Å². The summed E-state index contributed by atoms with van der Waals surface area (Å²) in [6.45, 7) is 1.01. The van der Waals surface area contributed by atoms with E-state index in [1.165, 1.54) is 30.6 Å². The molecule has 0 atom stereocenters. The molecule has 2 aromatic heterocycles. The maximum Gasteiger partial charge on any atom is 0.258 e. The highest BCUT2D eigenvalue weighted by molar-refractivity contribution is 6.39. The number of aromatic nitrogens is 3. The van der Waals surface area contributed by atoms with E-state index in [9.17, 15) is 23.2 Å². The maximum atomic E-state index is 13.9. The van der Waals surface area contributed by atoms with Gasteiger partial charge in [-0.2, -0.15) is 5.10 Å². The Morgan fingerprint density at radius 1 is 1.05 bits per heavy atom. The molecular weight excluding hydrogens is 567 g/mol. The number of carbonyl (C=O) groups is 3. The molecule has 2 heterocycles. The number of nitrogens with one attached hydrogen (secondary N) is 1. The normalized spacial score (nSPS) is 16.9. The molecule has 0 unspecified atom stereocenters. The first-order valence-electron chi connectivity index (χ1n) is 12.5. The van der Waals surface area contributed by atoms with Crippen molar-refractivity contribution in [3.05, 3.63) is 80.9 Å². The van der Waals surface area contributed by atoms with Gasteiger partial charge in [0.15, 0.2) is 5.78 Å². The Balaban J connectivity index is 1.59. The minimum Gasteiger partial charge on any atom is -0.326 e. The zero-order chi connectivity index (χ0) is 29.0. The molecule has 13 heteroatoms. The topological polar surface area (TPSA) is 106 Å². The van der Waals surface area contributed by atoms with Crippen molar-refractivity contribution in [3.63, 3.8) is 0 Å². The van der Waals surface area contributed by atoms with Gasteiger partial charge in [0.2, 0.25) is 5.91 Å². The Hall–Kier alpha value is -3.41. The highest BCUT2D eigenvalue weighted by Gasteiger charge is 2.31. The van der Waals surface area contributed by atoms with Crippen molar-refractivity contribution in [2.45, 2.75) is 45.2 Å². The van der Waals surface area contributed by atoms with Gasteiger partial charge >= 0.3 is 0 Å². The number of halogens is 4. The van der Waals surface area contributed by atoms with Crippen molar-refractivity contribution in [3.8, 4) is 0 Å². The molecule has 40 heavy (non-hydrogen) atoms. The summed E-state index contributed by atoms with van der Waals surface area (Å²) < 4.78 is 29.6. The zero-order valence-corrected chi connectivity index (χ0v) is 23.3. The average molecular weight is 594 g/mol. The van der Waals surface area contributed by atoms with Gasteiger partial charge in [-0.05, 0) is 50.3 Å². The highest BCUT2D eigenvalue weighted by Crippen LogP contribution is 2.33. The van der Waals surface area contributed by atoms with Gasteiger partial charge in [0.25, 0.3) is 5.91 Å². The molecule has 0 saturated heterocycles. The summed E-state index contributed by atoms with van der Waals surface area (Å²) in [4.78, 5) is 48.8. The van der Waals surface area contributed by atoms with Crippen LogP contribution in [0, 0.1) is 24.5 Å². The van der Waals surface area contributed by atoms with Gasteiger partial charge in [-0.1, -0.05) is 23.2 Å². The van der Waals surface area contributed by atoms with Crippen LogP contribution in [0.25, 0.3) is 0 Å². The summed E-state index contributed by atoms with van der Waals surface area (Å²) in [6, 6.07) is 2.87. The number of hydroxylamine groups is 1. The SMILES string of the molecule is CONC(=O)C1CCC(n2ncc(C(=O)N(CC(=O)c3c(Cl)cncc3Cl)Cc3cc(F)cc(F)c3)c2C)CC1. The molecule has 0 bridgehead atoms. The van der Waals surface area contributed by atoms with E-state index in [4.69, 9.17) is 28.0 Å². The molecule has 1 N–H and O–H groups in total. The number of amides is 2.